The van der Waals surface area contributed by atoms with Crippen molar-refractivity contribution in [2.24, 2.45) is 0 Å². The lowest BCUT2D eigenvalue weighted by molar-refractivity contribution is 0.0972. The van der Waals surface area contributed by atoms with Gasteiger partial charge in [-0.3, -0.25) is 4.79 Å². The molecule has 1 aliphatic rings. The molecule has 0 aliphatic heterocycles. The minimum absolute atomic E-state index is 0.231. The molecule has 4 rings (SSSR count). The van der Waals surface area contributed by atoms with E-state index in [1.54, 1.807) is 0 Å². The molecule has 2 aromatic carbocycles. The number of rotatable bonds is 5. The first-order valence-corrected chi connectivity index (χ1v) is 8.53. The van der Waals surface area contributed by atoms with Crippen molar-refractivity contribution >= 4 is 11.5 Å². The summed E-state index contributed by atoms with van der Waals surface area (Å²) in [5, 5.41) is 7.29. The highest BCUT2D eigenvalue weighted by molar-refractivity contribution is 5.99. The van der Waals surface area contributed by atoms with Gasteiger partial charge in [-0.05, 0) is 36.1 Å². The molecule has 0 saturated heterocycles. The molecule has 0 radical (unpaired) electrons. The standard InChI is InChI=1S/C20H19N3O2/c24-18-8-4-7-15-9-10-16(12-17(15)18)21-13-19-22-20(25-23-19)11-14-5-2-1-3-6-14/h1-3,5-6,9-10,12,21H,4,7-8,11,13H2. The first-order valence-electron chi connectivity index (χ1n) is 8.53. The zero-order chi connectivity index (χ0) is 17.1. The van der Waals surface area contributed by atoms with Gasteiger partial charge in [-0.2, -0.15) is 4.98 Å². The number of carbonyl (C=O) groups excluding carboxylic acids is 1. The van der Waals surface area contributed by atoms with Crippen molar-refractivity contribution < 1.29 is 9.32 Å². The third kappa shape index (κ3) is 3.60. The van der Waals surface area contributed by atoms with Gasteiger partial charge < -0.3 is 9.84 Å². The zero-order valence-electron chi connectivity index (χ0n) is 13.9. The lowest BCUT2D eigenvalue weighted by atomic mass is 9.90. The second kappa shape index (κ2) is 6.89. The van der Waals surface area contributed by atoms with Crippen LogP contribution in [-0.4, -0.2) is 15.9 Å². The Balaban J connectivity index is 1.40. The van der Waals surface area contributed by atoms with Gasteiger partial charge in [0.1, 0.15) is 0 Å². The van der Waals surface area contributed by atoms with Crippen molar-refractivity contribution in [1.29, 1.82) is 0 Å². The molecule has 25 heavy (non-hydrogen) atoms. The van der Waals surface area contributed by atoms with Crippen LogP contribution in [0.25, 0.3) is 0 Å². The van der Waals surface area contributed by atoms with Gasteiger partial charge >= 0.3 is 0 Å². The summed E-state index contributed by atoms with van der Waals surface area (Å²) in [7, 11) is 0. The summed E-state index contributed by atoms with van der Waals surface area (Å²) in [5.41, 5.74) is 4.03. The van der Waals surface area contributed by atoms with Gasteiger partial charge in [0.05, 0.1) is 13.0 Å². The Hall–Kier alpha value is -2.95. The molecular weight excluding hydrogens is 314 g/mol. The molecule has 1 aromatic heterocycles. The molecule has 5 nitrogen and oxygen atoms in total. The Morgan fingerprint density at radius 2 is 1.96 bits per heavy atom. The van der Waals surface area contributed by atoms with Crippen LogP contribution in [-0.2, 0) is 19.4 Å². The van der Waals surface area contributed by atoms with Gasteiger partial charge in [0.25, 0.3) is 0 Å². The number of nitrogens with one attached hydrogen (secondary N) is 1. The third-order valence-corrected chi connectivity index (χ3v) is 4.42. The fourth-order valence-corrected chi connectivity index (χ4v) is 3.12. The maximum Gasteiger partial charge on any atom is 0.231 e. The maximum atomic E-state index is 12.0. The van der Waals surface area contributed by atoms with Crippen molar-refractivity contribution in [3.8, 4) is 0 Å². The predicted octanol–water partition coefficient (Wildman–Crippen LogP) is 3.79. The third-order valence-electron chi connectivity index (χ3n) is 4.42. The van der Waals surface area contributed by atoms with Crippen LogP contribution in [0.15, 0.2) is 53.1 Å². The van der Waals surface area contributed by atoms with E-state index in [4.69, 9.17) is 4.52 Å². The topological polar surface area (TPSA) is 68.0 Å². The van der Waals surface area contributed by atoms with E-state index in [1.165, 1.54) is 0 Å². The van der Waals surface area contributed by atoms with Gasteiger partial charge in [-0.1, -0.05) is 41.6 Å². The van der Waals surface area contributed by atoms with Crippen LogP contribution in [0, 0.1) is 0 Å². The molecule has 0 saturated carbocycles. The maximum absolute atomic E-state index is 12.0. The Bertz CT molecular complexity index is 887. The number of aromatic nitrogens is 2. The molecule has 0 fully saturated rings. The number of Topliss-reactive ketones (excluding diaryl/α,β-unsaturated/α-hetero) is 1. The summed E-state index contributed by atoms with van der Waals surface area (Å²) >= 11 is 0. The molecular formula is C20H19N3O2. The van der Waals surface area contributed by atoms with Crippen LogP contribution in [0.4, 0.5) is 5.69 Å². The molecule has 1 aliphatic carbocycles. The Morgan fingerprint density at radius 3 is 2.84 bits per heavy atom. The summed E-state index contributed by atoms with van der Waals surface area (Å²) in [6.07, 6.45) is 3.20. The first-order chi connectivity index (χ1) is 12.3. The number of ketones is 1. The highest BCUT2D eigenvalue weighted by Crippen LogP contribution is 2.24. The van der Waals surface area contributed by atoms with Gasteiger partial charge in [0, 0.05) is 17.7 Å². The van der Waals surface area contributed by atoms with Gasteiger partial charge in [-0.25, -0.2) is 0 Å². The number of hydrogen-bond acceptors (Lipinski definition) is 5. The normalized spacial score (nSPS) is 13.5. The number of anilines is 1. The Kier molecular flexibility index (Phi) is 4.29. The molecule has 0 spiro atoms. The number of carbonyl (C=O) groups is 1. The van der Waals surface area contributed by atoms with Crippen LogP contribution in [0.3, 0.4) is 0 Å². The van der Waals surface area contributed by atoms with Crippen molar-refractivity contribution in [3.63, 3.8) is 0 Å². The van der Waals surface area contributed by atoms with E-state index in [2.05, 4.69) is 15.5 Å². The lowest BCUT2D eigenvalue weighted by Gasteiger charge is -2.15. The Morgan fingerprint density at radius 1 is 1.08 bits per heavy atom. The van der Waals surface area contributed by atoms with Crippen LogP contribution in [0.5, 0.6) is 0 Å². The highest BCUT2D eigenvalue weighted by atomic mass is 16.5. The van der Waals surface area contributed by atoms with E-state index in [1.807, 2.05) is 48.5 Å². The molecule has 0 unspecified atom stereocenters. The van der Waals surface area contributed by atoms with Crippen LogP contribution in [0.1, 0.15) is 46.0 Å². The van der Waals surface area contributed by atoms with Crippen molar-refractivity contribution in [2.45, 2.75) is 32.2 Å². The fourth-order valence-electron chi connectivity index (χ4n) is 3.12. The molecule has 0 atom stereocenters. The van der Waals surface area contributed by atoms with E-state index in [-0.39, 0.29) is 5.78 Å². The highest BCUT2D eigenvalue weighted by Gasteiger charge is 2.17. The number of aryl methyl sites for hydroxylation is 1. The van der Waals surface area contributed by atoms with Crippen molar-refractivity contribution in [3.05, 3.63) is 76.9 Å². The molecule has 1 N–H and O–H groups in total. The predicted molar refractivity (Wildman–Crippen MR) is 94.6 cm³/mol. The molecule has 1 heterocycles. The molecule has 3 aromatic rings. The smallest absolute Gasteiger partial charge is 0.231 e. The summed E-state index contributed by atoms with van der Waals surface area (Å²) in [6, 6.07) is 16.0. The van der Waals surface area contributed by atoms with E-state index >= 15 is 0 Å². The lowest BCUT2D eigenvalue weighted by Crippen LogP contribution is -2.11. The second-order valence-electron chi connectivity index (χ2n) is 6.27. The van der Waals surface area contributed by atoms with Gasteiger partial charge in [0.15, 0.2) is 11.6 Å². The summed E-state index contributed by atoms with van der Waals surface area (Å²) in [5.74, 6) is 1.44. The summed E-state index contributed by atoms with van der Waals surface area (Å²) < 4.78 is 5.31. The van der Waals surface area contributed by atoms with E-state index in [0.717, 1.165) is 35.2 Å². The van der Waals surface area contributed by atoms with Crippen LogP contribution < -0.4 is 5.32 Å². The number of hydrogen-bond donors (Lipinski definition) is 1. The number of nitrogens with zero attached hydrogens (tertiary/aromatic N) is 2. The quantitative estimate of drug-likeness (QED) is 0.769. The van der Waals surface area contributed by atoms with Crippen LogP contribution >= 0.6 is 0 Å². The number of fused-ring (bicyclic) bond motifs is 1. The SMILES string of the molecule is O=C1CCCc2ccc(NCc3noc(Cc4ccccc4)n3)cc21. The molecule has 5 heteroatoms. The second-order valence-corrected chi connectivity index (χ2v) is 6.27. The number of benzene rings is 2. The average molecular weight is 333 g/mol. The molecule has 0 amide bonds. The first kappa shape index (κ1) is 15.6. The zero-order valence-corrected chi connectivity index (χ0v) is 13.9. The van der Waals surface area contributed by atoms with Crippen LogP contribution in [0.2, 0.25) is 0 Å². The largest absolute Gasteiger partial charge is 0.378 e. The minimum atomic E-state index is 0.231. The minimum Gasteiger partial charge on any atom is -0.378 e. The molecule has 126 valence electrons. The monoisotopic (exact) mass is 333 g/mol. The molecule has 0 bridgehead atoms. The van der Waals surface area contributed by atoms with E-state index in [0.29, 0.717) is 31.1 Å². The van der Waals surface area contributed by atoms with E-state index < -0.39 is 0 Å². The summed E-state index contributed by atoms with van der Waals surface area (Å²) in [6.45, 7) is 0.464. The fraction of sp³-hybridized carbons (Fsp3) is 0.250. The van der Waals surface area contributed by atoms with Crippen molar-refractivity contribution in [1.82, 2.24) is 10.1 Å². The van der Waals surface area contributed by atoms with Crippen molar-refractivity contribution in [2.75, 3.05) is 5.32 Å². The van der Waals surface area contributed by atoms with E-state index in [9.17, 15) is 4.79 Å². The average Bonchev–Trinajstić information content (AvgIpc) is 3.09. The Labute approximate surface area is 146 Å². The van der Waals surface area contributed by atoms with Gasteiger partial charge in [0.2, 0.25) is 5.89 Å². The summed E-state index contributed by atoms with van der Waals surface area (Å²) in [4.78, 5) is 16.4. The van der Waals surface area contributed by atoms with Gasteiger partial charge in [-0.15, -0.1) is 0 Å².